The van der Waals surface area contributed by atoms with Crippen LogP contribution in [0.5, 0.6) is 0 Å². The fourth-order valence-electron chi connectivity index (χ4n) is 1.73. The molecular weight excluding hydrogens is 262 g/mol. The molecule has 0 radical (unpaired) electrons. The van der Waals surface area contributed by atoms with Gasteiger partial charge in [-0.1, -0.05) is 30.3 Å². The first kappa shape index (κ1) is 12.8. The summed E-state index contributed by atoms with van der Waals surface area (Å²) in [6, 6.07) is 9.20. The van der Waals surface area contributed by atoms with Crippen molar-refractivity contribution in [1.82, 2.24) is 0 Å². The molecule has 0 saturated heterocycles. The van der Waals surface area contributed by atoms with Crippen LogP contribution in [0.25, 0.3) is 0 Å². The lowest BCUT2D eigenvalue weighted by Crippen LogP contribution is -2.01. The van der Waals surface area contributed by atoms with Gasteiger partial charge in [0.05, 0.1) is 10.7 Å². The maximum absolute atomic E-state index is 12.5. The minimum absolute atomic E-state index is 0.0125. The molecule has 0 spiro atoms. The van der Waals surface area contributed by atoms with Crippen molar-refractivity contribution in [2.75, 3.05) is 0 Å². The Morgan fingerprint density at radius 2 is 1.94 bits per heavy atom. The van der Waals surface area contributed by atoms with Gasteiger partial charge in [0.2, 0.25) is 0 Å². The summed E-state index contributed by atoms with van der Waals surface area (Å²) in [5, 5.41) is 2.98. The SMILES string of the molecule is Cc1sc(N=C=S)c(C(=O)c2ccccc2)c1C. The van der Waals surface area contributed by atoms with Gasteiger partial charge in [-0.05, 0) is 31.6 Å². The Balaban J connectivity index is 2.57. The fraction of sp³-hybridized carbons (Fsp3) is 0.143. The van der Waals surface area contributed by atoms with Gasteiger partial charge in [-0.25, -0.2) is 0 Å². The van der Waals surface area contributed by atoms with Crippen molar-refractivity contribution in [2.24, 2.45) is 4.99 Å². The number of benzene rings is 1. The van der Waals surface area contributed by atoms with Gasteiger partial charge in [0.1, 0.15) is 5.00 Å². The Labute approximate surface area is 115 Å². The molecule has 90 valence electrons. The van der Waals surface area contributed by atoms with Crippen LogP contribution in [0.4, 0.5) is 5.00 Å². The van der Waals surface area contributed by atoms with E-state index in [-0.39, 0.29) is 5.78 Å². The molecular formula is C14H11NOS2. The van der Waals surface area contributed by atoms with Crippen LogP contribution in [-0.2, 0) is 0 Å². The summed E-state index contributed by atoms with van der Waals surface area (Å²) < 4.78 is 0. The predicted molar refractivity (Wildman–Crippen MR) is 78.4 cm³/mol. The predicted octanol–water partition coefficient (Wildman–Crippen LogP) is 4.33. The van der Waals surface area contributed by atoms with Gasteiger partial charge in [-0.15, -0.1) is 11.3 Å². The number of thiophene rings is 1. The Morgan fingerprint density at radius 1 is 1.28 bits per heavy atom. The smallest absolute Gasteiger partial charge is 0.196 e. The summed E-state index contributed by atoms with van der Waals surface area (Å²) in [5.74, 6) is -0.0125. The molecule has 0 aliphatic heterocycles. The Morgan fingerprint density at radius 3 is 2.56 bits per heavy atom. The summed E-state index contributed by atoms with van der Waals surface area (Å²) in [6.45, 7) is 3.91. The zero-order valence-electron chi connectivity index (χ0n) is 10.1. The Bertz CT molecular complexity index is 637. The van der Waals surface area contributed by atoms with E-state index in [1.807, 2.05) is 32.0 Å². The summed E-state index contributed by atoms with van der Waals surface area (Å²) >= 11 is 6.10. The molecule has 2 nitrogen and oxygen atoms in total. The van der Waals surface area contributed by atoms with Gasteiger partial charge in [-0.3, -0.25) is 4.79 Å². The average molecular weight is 273 g/mol. The Hall–Kier alpha value is -1.61. The number of isothiocyanates is 1. The first-order valence-corrected chi connectivity index (χ1v) is 6.65. The van der Waals surface area contributed by atoms with Crippen molar-refractivity contribution in [1.29, 1.82) is 0 Å². The third-order valence-corrected chi connectivity index (χ3v) is 3.97. The van der Waals surface area contributed by atoms with Gasteiger partial charge in [-0.2, -0.15) is 4.99 Å². The van der Waals surface area contributed by atoms with E-state index in [4.69, 9.17) is 0 Å². The number of ketones is 1. The highest BCUT2D eigenvalue weighted by molar-refractivity contribution is 7.78. The number of rotatable bonds is 3. The second-order valence-electron chi connectivity index (χ2n) is 3.86. The van der Waals surface area contributed by atoms with E-state index in [0.717, 1.165) is 10.4 Å². The maximum Gasteiger partial charge on any atom is 0.196 e. The standard InChI is InChI=1S/C14H11NOS2/c1-9-10(2)18-14(15-8-17)12(9)13(16)11-6-4-3-5-7-11/h3-7H,1-2H3. The minimum atomic E-state index is -0.0125. The number of aliphatic imine (C=N–C) groups is 1. The normalized spacial score (nSPS) is 9.89. The van der Waals surface area contributed by atoms with Crippen LogP contribution in [-0.4, -0.2) is 10.9 Å². The van der Waals surface area contributed by atoms with Crippen LogP contribution in [0, 0.1) is 13.8 Å². The van der Waals surface area contributed by atoms with Crippen LogP contribution >= 0.6 is 23.6 Å². The lowest BCUT2D eigenvalue weighted by Gasteiger charge is -2.01. The first-order chi connectivity index (χ1) is 8.65. The molecule has 0 unspecified atom stereocenters. The lowest BCUT2D eigenvalue weighted by molar-refractivity contribution is 0.103. The molecule has 0 aliphatic carbocycles. The van der Waals surface area contributed by atoms with Gasteiger partial charge in [0.15, 0.2) is 5.78 Å². The number of hydrogen-bond donors (Lipinski definition) is 0. The van der Waals surface area contributed by atoms with E-state index in [1.54, 1.807) is 12.1 Å². The van der Waals surface area contributed by atoms with Gasteiger partial charge >= 0.3 is 0 Å². The molecule has 0 amide bonds. The molecule has 1 aromatic heterocycles. The molecule has 1 heterocycles. The first-order valence-electron chi connectivity index (χ1n) is 5.42. The van der Waals surface area contributed by atoms with E-state index in [1.165, 1.54) is 11.3 Å². The van der Waals surface area contributed by atoms with Gasteiger partial charge in [0.25, 0.3) is 0 Å². The minimum Gasteiger partial charge on any atom is -0.288 e. The molecule has 4 heteroatoms. The third kappa shape index (κ3) is 2.31. The van der Waals surface area contributed by atoms with Crippen LogP contribution in [0.15, 0.2) is 35.3 Å². The van der Waals surface area contributed by atoms with Gasteiger partial charge < -0.3 is 0 Å². The molecule has 0 fully saturated rings. The molecule has 1 aromatic carbocycles. The quantitative estimate of drug-likeness (QED) is 0.473. The molecule has 2 aromatic rings. The highest BCUT2D eigenvalue weighted by Gasteiger charge is 2.20. The van der Waals surface area contributed by atoms with E-state index in [2.05, 4.69) is 22.4 Å². The number of carbonyl (C=O) groups excluding carboxylic acids is 1. The molecule has 18 heavy (non-hydrogen) atoms. The van der Waals surface area contributed by atoms with Crippen molar-refractivity contribution in [3.63, 3.8) is 0 Å². The number of carbonyl (C=O) groups is 1. The maximum atomic E-state index is 12.5. The Kier molecular flexibility index (Phi) is 3.82. The number of thiocarbonyl (C=S) groups is 1. The highest BCUT2D eigenvalue weighted by Crippen LogP contribution is 2.35. The van der Waals surface area contributed by atoms with Crippen LogP contribution in [0.1, 0.15) is 26.4 Å². The molecule has 0 bridgehead atoms. The van der Waals surface area contributed by atoms with Crippen molar-refractivity contribution >= 4 is 39.5 Å². The third-order valence-electron chi connectivity index (χ3n) is 2.78. The van der Waals surface area contributed by atoms with E-state index >= 15 is 0 Å². The summed E-state index contributed by atoms with van der Waals surface area (Å²) in [5.41, 5.74) is 2.28. The molecule has 0 atom stereocenters. The summed E-state index contributed by atoms with van der Waals surface area (Å²) in [6.07, 6.45) is 0. The topological polar surface area (TPSA) is 29.4 Å². The van der Waals surface area contributed by atoms with Crippen molar-refractivity contribution in [3.8, 4) is 0 Å². The molecule has 2 rings (SSSR count). The van der Waals surface area contributed by atoms with E-state index in [0.29, 0.717) is 16.1 Å². The van der Waals surface area contributed by atoms with E-state index < -0.39 is 0 Å². The second-order valence-corrected chi connectivity index (χ2v) is 5.25. The van der Waals surface area contributed by atoms with Crippen LogP contribution in [0.3, 0.4) is 0 Å². The van der Waals surface area contributed by atoms with Crippen molar-refractivity contribution < 1.29 is 4.79 Å². The number of aryl methyl sites for hydroxylation is 1. The molecule has 0 N–H and O–H groups in total. The zero-order valence-corrected chi connectivity index (χ0v) is 11.7. The lowest BCUT2D eigenvalue weighted by atomic mass is 10.0. The number of hydrogen-bond acceptors (Lipinski definition) is 4. The molecule has 0 aliphatic rings. The zero-order chi connectivity index (χ0) is 13.1. The van der Waals surface area contributed by atoms with Crippen molar-refractivity contribution in [3.05, 3.63) is 51.9 Å². The monoisotopic (exact) mass is 273 g/mol. The number of nitrogens with zero attached hydrogens (tertiary/aromatic N) is 1. The van der Waals surface area contributed by atoms with Gasteiger partial charge in [0, 0.05) is 10.4 Å². The second kappa shape index (κ2) is 5.36. The summed E-state index contributed by atoms with van der Waals surface area (Å²) in [4.78, 5) is 17.5. The van der Waals surface area contributed by atoms with E-state index in [9.17, 15) is 4.79 Å². The van der Waals surface area contributed by atoms with Crippen LogP contribution in [0.2, 0.25) is 0 Å². The largest absolute Gasteiger partial charge is 0.288 e. The van der Waals surface area contributed by atoms with Crippen LogP contribution < -0.4 is 0 Å². The molecule has 0 saturated carbocycles. The average Bonchev–Trinajstić information content (AvgIpc) is 2.66. The highest BCUT2D eigenvalue weighted by atomic mass is 32.1. The summed E-state index contributed by atoms with van der Waals surface area (Å²) in [7, 11) is 0. The van der Waals surface area contributed by atoms with Crippen molar-refractivity contribution in [2.45, 2.75) is 13.8 Å². The fourth-order valence-corrected chi connectivity index (χ4v) is 2.86.